The third-order valence-corrected chi connectivity index (χ3v) is 2.98. The van der Waals surface area contributed by atoms with Gasteiger partial charge in [-0.05, 0) is 43.0 Å². The maximum atomic E-state index is 11.6. The summed E-state index contributed by atoms with van der Waals surface area (Å²) in [5.41, 5.74) is 0. The normalized spacial score (nSPS) is 14.6. The third-order valence-electron chi connectivity index (χ3n) is 2.98. The number of nitrogens with zero attached hydrogens (tertiary/aromatic N) is 4. The van der Waals surface area contributed by atoms with Crippen molar-refractivity contribution in [3.63, 3.8) is 0 Å². The Labute approximate surface area is 110 Å². The van der Waals surface area contributed by atoms with Gasteiger partial charge >= 0.3 is 0 Å². The van der Waals surface area contributed by atoms with Crippen molar-refractivity contribution in [2.75, 3.05) is 6.54 Å². The summed E-state index contributed by atoms with van der Waals surface area (Å²) in [5, 5.41) is 14.7. The number of rotatable bonds is 5. The Morgan fingerprint density at radius 1 is 1.53 bits per heavy atom. The van der Waals surface area contributed by atoms with Crippen LogP contribution in [0.15, 0.2) is 16.5 Å². The first-order valence-electron chi connectivity index (χ1n) is 6.32. The maximum Gasteiger partial charge on any atom is 0.243 e. The van der Waals surface area contributed by atoms with Gasteiger partial charge in [-0.3, -0.25) is 4.79 Å². The van der Waals surface area contributed by atoms with Crippen molar-refractivity contribution in [2.24, 2.45) is 5.92 Å². The summed E-state index contributed by atoms with van der Waals surface area (Å²) in [7, 11) is 0. The number of hydrogen-bond donors (Lipinski definition) is 1. The van der Waals surface area contributed by atoms with Gasteiger partial charge in [0.05, 0.1) is 0 Å². The Balaban J connectivity index is 1.59. The second kappa shape index (κ2) is 4.83. The van der Waals surface area contributed by atoms with E-state index in [9.17, 15) is 4.79 Å². The number of nitrogens with one attached hydrogen (secondary N) is 1. The number of aromatic nitrogens is 4. The van der Waals surface area contributed by atoms with Crippen LogP contribution in [0.2, 0.25) is 0 Å². The minimum absolute atomic E-state index is 0.0827. The zero-order chi connectivity index (χ0) is 13.2. The molecule has 1 aliphatic rings. The van der Waals surface area contributed by atoms with Gasteiger partial charge < -0.3 is 9.73 Å². The molecule has 1 N–H and O–H groups in total. The Bertz CT molecular complexity index is 584. The molecule has 1 fully saturated rings. The van der Waals surface area contributed by atoms with Gasteiger partial charge in [-0.15, -0.1) is 10.2 Å². The molecule has 0 radical (unpaired) electrons. The van der Waals surface area contributed by atoms with Crippen molar-refractivity contribution in [1.82, 2.24) is 25.5 Å². The Kier molecular flexibility index (Phi) is 3.02. The van der Waals surface area contributed by atoms with Crippen molar-refractivity contribution in [2.45, 2.75) is 26.3 Å². The molecule has 1 saturated carbocycles. The SMILES string of the molecule is Cc1ccc(-c2nnn(CC(=O)NCC3CC3)n2)o1. The molecule has 2 heterocycles. The molecule has 7 nitrogen and oxygen atoms in total. The summed E-state index contributed by atoms with van der Waals surface area (Å²) in [6.45, 7) is 2.68. The van der Waals surface area contributed by atoms with Gasteiger partial charge in [-0.2, -0.15) is 4.80 Å². The lowest BCUT2D eigenvalue weighted by Crippen LogP contribution is -2.30. The monoisotopic (exact) mass is 261 g/mol. The molecule has 1 aliphatic carbocycles. The van der Waals surface area contributed by atoms with E-state index in [0.29, 0.717) is 17.5 Å². The topological polar surface area (TPSA) is 85.8 Å². The van der Waals surface area contributed by atoms with Gasteiger partial charge in [0.15, 0.2) is 5.76 Å². The molecule has 3 rings (SSSR count). The van der Waals surface area contributed by atoms with Crippen LogP contribution in [0.1, 0.15) is 18.6 Å². The summed E-state index contributed by atoms with van der Waals surface area (Å²) in [5.74, 6) is 2.31. The number of tetrazole rings is 1. The number of carbonyl (C=O) groups is 1. The standard InChI is InChI=1S/C12H15N5O2/c1-8-2-5-10(19-8)12-14-16-17(15-12)7-11(18)13-6-9-3-4-9/h2,5,9H,3-4,6-7H2,1H3,(H,13,18). The molecular weight excluding hydrogens is 246 g/mol. The average Bonchev–Trinajstić information content (AvgIpc) is 2.94. The van der Waals surface area contributed by atoms with Gasteiger partial charge in [0, 0.05) is 6.54 Å². The predicted molar refractivity (Wildman–Crippen MR) is 66.0 cm³/mol. The summed E-state index contributed by atoms with van der Waals surface area (Å²) in [6, 6.07) is 3.61. The van der Waals surface area contributed by atoms with E-state index in [4.69, 9.17) is 4.42 Å². The van der Waals surface area contributed by atoms with Gasteiger partial charge in [0.2, 0.25) is 11.7 Å². The highest BCUT2D eigenvalue weighted by atomic mass is 16.3. The summed E-state index contributed by atoms with van der Waals surface area (Å²) >= 11 is 0. The molecule has 0 unspecified atom stereocenters. The van der Waals surface area contributed by atoms with E-state index in [2.05, 4.69) is 20.7 Å². The summed E-state index contributed by atoms with van der Waals surface area (Å²) < 4.78 is 5.40. The minimum atomic E-state index is -0.0912. The molecule has 1 amide bonds. The lowest BCUT2D eigenvalue weighted by atomic mass is 10.4. The van der Waals surface area contributed by atoms with Crippen molar-refractivity contribution in [3.8, 4) is 11.6 Å². The molecule has 100 valence electrons. The van der Waals surface area contributed by atoms with E-state index < -0.39 is 0 Å². The first kappa shape index (κ1) is 11.9. The maximum absolute atomic E-state index is 11.6. The van der Waals surface area contributed by atoms with E-state index in [0.717, 1.165) is 12.3 Å². The molecule has 0 saturated heterocycles. The molecule has 0 aliphatic heterocycles. The fourth-order valence-corrected chi connectivity index (χ4v) is 1.73. The lowest BCUT2D eigenvalue weighted by Gasteiger charge is -2.01. The molecule has 0 atom stereocenters. The van der Waals surface area contributed by atoms with Crippen LogP contribution in [0.25, 0.3) is 11.6 Å². The van der Waals surface area contributed by atoms with Crippen LogP contribution in [0, 0.1) is 12.8 Å². The summed E-state index contributed by atoms with van der Waals surface area (Å²) in [4.78, 5) is 12.9. The highest BCUT2D eigenvalue weighted by Crippen LogP contribution is 2.27. The fraction of sp³-hybridized carbons (Fsp3) is 0.500. The number of furan rings is 1. The largest absolute Gasteiger partial charge is 0.458 e. The van der Waals surface area contributed by atoms with Gasteiger partial charge in [0.1, 0.15) is 12.3 Å². The Morgan fingerprint density at radius 2 is 2.37 bits per heavy atom. The molecule has 7 heteroatoms. The Morgan fingerprint density at radius 3 is 3.05 bits per heavy atom. The smallest absolute Gasteiger partial charge is 0.243 e. The third kappa shape index (κ3) is 2.98. The molecule has 2 aromatic heterocycles. The van der Waals surface area contributed by atoms with Crippen molar-refractivity contribution in [1.29, 1.82) is 0 Å². The van der Waals surface area contributed by atoms with Crippen molar-refractivity contribution in [3.05, 3.63) is 17.9 Å². The fourth-order valence-electron chi connectivity index (χ4n) is 1.73. The average molecular weight is 261 g/mol. The second-order valence-corrected chi connectivity index (χ2v) is 4.80. The van der Waals surface area contributed by atoms with E-state index in [1.54, 1.807) is 6.07 Å². The highest BCUT2D eigenvalue weighted by Gasteiger charge is 2.21. The number of aryl methyl sites for hydroxylation is 1. The molecule has 0 bridgehead atoms. The van der Waals surface area contributed by atoms with Gasteiger partial charge in [-0.25, -0.2) is 0 Å². The van der Waals surface area contributed by atoms with Crippen LogP contribution in [0.5, 0.6) is 0 Å². The predicted octanol–water partition coefficient (Wildman–Crippen LogP) is 0.768. The van der Waals surface area contributed by atoms with Gasteiger partial charge in [-0.1, -0.05) is 0 Å². The summed E-state index contributed by atoms with van der Waals surface area (Å²) in [6.07, 6.45) is 2.42. The highest BCUT2D eigenvalue weighted by molar-refractivity contribution is 5.75. The molecular formula is C12H15N5O2. The van der Waals surface area contributed by atoms with E-state index in [1.807, 2.05) is 13.0 Å². The minimum Gasteiger partial charge on any atom is -0.458 e. The quantitative estimate of drug-likeness (QED) is 0.859. The van der Waals surface area contributed by atoms with Crippen LogP contribution in [0.4, 0.5) is 0 Å². The van der Waals surface area contributed by atoms with Crippen LogP contribution in [0.3, 0.4) is 0 Å². The lowest BCUT2D eigenvalue weighted by molar-refractivity contribution is -0.122. The number of amides is 1. The Hall–Kier alpha value is -2.18. The van der Waals surface area contributed by atoms with Crippen LogP contribution in [-0.4, -0.2) is 32.7 Å². The van der Waals surface area contributed by atoms with Gasteiger partial charge in [0.25, 0.3) is 0 Å². The van der Waals surface area contributed by atoms with Crippen molar-refractivity contribution >= 4 is 5.91 Å². The number of hydrogen-bond acceptors (Lipinski definition) is 5. The second-order valence-electron chi connectivity index (χ2n) is 4.80. The van der Waals surface area contributed by atoms with Crippen LogP contribution < -0.4 is 5.32 Å². The van der Waals surface area contributed by atoms with Crippen LogP contribution in [-0.2, 0) is 11.3 Å². The molecule has 0 aromatic carbocycles. The zero-order valence-corrected chi connectivity index (χ0v) is 10.7. The van der Waals surface area contributed by atoms with E-state index in [1.165, 1.54) is 17.6 Å². The molecule has 0 spiro atoms. The van der Waals surface area contributed by atoms with Crippen molar-refractivity contribution < 1.29 is 9.21 Å². The number of carbonyl (C=O) groups excluding carboxylic acids is 1. The molecule has 2 aromatic rings. The van der Waals surface area contributed by atoms with Crippen LogP contribution >= 0.6 is 0 Å². The van der Waals surface area contributed by atoms with E-state index in [-0.39, 0.29) is 12.5 Å². The zero-order valence-electron chi connectivity index (χ0n) is 10.7. The first-order valence-corrected chi connectivity index (χ1v) is 6.32. The molecule has 19 heavy (non-hydrogen) atoms. The first-order chi connectivity index (χ1) is 9.20. The van der Waals surface area contributed by atoms with E-state index >= 15 is 0 Å².